The molecule has 0 aromatic carbocycles. The van der Waals surface area contributed by atoms with Gasteiger partial charge in [0.1, 0.15) is 36.6 Å². The molecule has 0 spiro atoms. The van der Waals surface area contributed by atoms with Crippen LogP contribution in [0, 0.1) is 0 Å². The fourth-order valence-corrected chi connectivity index (χ4v) is 8.53. The van der Waals surface area contributed by atoms with Crippen molar-refractivity contribution in [3.63, 3.8) is 0 Å². The van der Waals surface area contributed by atoms with Crippen LogP contribution in [0.5, 0.6) is 0 Å². The first-order valence-corrected chi connectivity index (χ1v) is 27.5. The molecule has 1 saturated heterocycles. The number of ether oxygens (including phenoxy) is 2. The van der Waals surface area contributed by atoms with Crippen LogP contribution in [0.25, 0.3) is 0 Å². The molecule has 392 valence electrons. The zero-order chi connectivity index (χ0) is 49.0. The minimum Gasteiger partial charge on any atom is -0.394 e. The van der Waals surface area contributed by atoms with Gasteiger partial charge in [0.2, 0.25) is 5.91 Å². The van der Waals surface area contributed by atoms with E-state index in [1.165, 1.54) is 116 Å². The molecule has 0 saturated carbocycles. The van der Waals surface area contributed by atoms with Gasteiger partial charge in [-0.1, -0.05) is 191 Å². The lowest BCUT2D eigenvalue weighted by Gasteiger charge is -2.40. The Morgan fingerprint density at radius 2 is 0.896 bits per heavy atom. The molecule has 0 radical (unpaired) electrons. The number of allylic oxidation sites excluding steroid dienone is 8. The fourth-order valence-electron chi connectivity index (χ4n) is 8.53. The van der Waals surface area contributed by atoms with Gasteiger partial charge in [-0.25, -0.2) is 0 Å². The highest BCUT2D eigenvalue weighted by Gasteiger charge is 2.44. The van der Waals surface area contributed by atoms with Crippen molar-refractivity contribution in [2.75, 3.05) is 13.2 Å². The van der Waals surface area contributed by atoms with Crippen LogP contribution in [0.1, 0.15) is 232 Å². The summed E-state index contributed by atoms with van der Waals surface area (Å²) in [5, 5.41) is 75.9. The van der Waals surface area contributed by atoms with Crippen molar-refractivity contribution in [3.8, 4) is 0 Å². The van der Waals surface area contributed by atoms with Gasteiger partial charge in [0, 0.05) is 0 Å². The number of carbonyl (C=O) groups excluding carboxylic acids is 1. The van der Waals surface area contributed by atoms with Gasteiger partial charge in [0.05, 0.1) is 25.4 Å². The van der Waals surface area contributed by atoms with Crippen LogP contribution in [0.4, 0.5) is 0 Å². The fraction of sp³-hybridized carbons (Fsp3) is 0.839. The van der Waals surface area contributed by atoms with Gasteiger partial charge in [-0.2, -0.15) is 0 Å². The van der Waals surface area contributed by atoms with E-state index in [1.807, 2.05) is 0 Å². The van der Waals surface area contributed by atoms with Crippen LogP contribution in [-0.2, 0) is 14.3 Å². The largest absolute Gasteiger partial charge is 0.394 e. The predicted octanol–water partition coefficient (Wildman–Crippen LogP) is 10.9. The Balaban J connectivity index is 2.37. The second-order valence-electron chi connectivity index (χ2n) is 19.3. The van der Waals surface area contributed by atoms with Crippen molar-refractivity contribution in [1.29, 1.82) is 0 Å². The number of hydrogen-bond acceptors (Lipinski definition) is 10. The second kappa shape index (κ2) is 45.2. The summed E-state index contributed by atoms with van der Waals surface area (Å²) in [6, 6.07) is -1.20. The molecule has 1 fully saturated rings. The maximum atomic E-state index is 13.1. The summed E-state index contributed by atoms with van der Waals surface area (Å²) in [4.78, 5) is 13.1. The minimum atomic E-state index is -1.67. The number of aliphatic hydroxyl groups excluding tert-OH is 7. The van der Waals surface area contributed by atoms with Crippen molar-refractivity contribution in [1.82, 2.24) is 5.32 Å². The third kappa shape index (κ3) is 34.1. The van der Waals surface area contributed by atoms with Crippen molar-refractivity contribution in [2.24, 2.45) is 0 Å². The number of aliphatic hydroxyl groups is 7. The molecule has 0 aromatic rings. The summed E-state index contributed by atoms with van der Waals surface area (Å²) in [5.74, 6) is -0.719. The molecule has 1 rings (SSSR count). The van der Waals surface area contributed by atoms with Gasteiger partial charge in [-0.15, -0.1) is 0 Å². The van der Waals surface area contributed by atoms with Crippen molar-refractivity contribution < 1.29 is 50.0 Å². The number of hydrogen-bond donors (Lipinski definition) is 8. The number of unbranched alkanes of at least 4 members (excludes halogenated alkanes) is 26. The van der Waals surface area contributed by atoms with Crippen molar-refractivity contribution >= 4 is 5.91 Å². The predicted molar refractivity (Wildman–Crippen MR) is 275 cm³/mol. The van der Waals surface area contributed by atoms with Crippen LogP contribution < -0.4 is 5.32 Å². The number of nitrogens with one attached hydrogen (secondary N) is 1. The highest BCUT2D eigenvalue weighted by atomic mass is 16.7. The molecule has 8 N–H and O–H groups in total. The molecule has 1 heterocycles. The Bertz CT molecular complexity index is 1230. The number of amides is 1. The molecule has 9 unspecified atom stereocenters. The zero-order valence-corrected chi connectivity index (χ0v) is 42.6. The van der Waals surface area contributed by atoms with Gasteiger partial charge in [-0.05, 0) is 89.9 Å². The first kappa shape index (κ1) is 63.1. The van der Waals surface area contributed by atoms with Crippen LogP contribution in [0.15, 0.2) is 48.6 Å². The molecule has 1 aliphatic heterocycles. The Morgan fingerprint density at radius 3 is 1.34 bits per heavy atom. The monoisotopic (exact) mass is 950 g/mol. The van der Waals surface area contributed by atoms with Crippen LogP contribution in [-0.4, -0.2) is 110 Å². The summed E-state index contributed by atoms with van der Waals surface area (Å²) < 4.78 is 11.1. The topological polar surface area (TPSA) is 189 Å². The quantitative estimate of drug-likeness (QED) is 0.0215. The molecule has 1 amide bonds. The molecular formula is C56H103NO10. The molecule has 0 aliphatic carbocycles. The van der Waals surface area contributed by atoms with E-state index in [2.05, 4.69) is 67.8 Å². The third-order valence-corrected chi connectivity index (χ3v) is 13.1. The van der Waals surface area contributed by atoms with Gasteiger partial charge >= 0.3 is 0 Å². The average Bonchev–Trinajstić information content (AvgIpc) is 3.33. The maximum absolute atomic E-state index is 13.1. The highest BCUT2D eigenvalue weighted by molar-refractivity contribution is 5.80. The van der Waals surface area contributed by atoms with E-state index >= 15 is 0 Å². The molecular weight excluding hydrogens is 847 g/mol. The van der Waals surface area contributed by atoms with E-state index in [9.17, 15) is 40.5 Å². The smallest absolute Gasteiger partial charge is 0.249 e. The van der Waals surface area contributed by atoms with Gasteiger partial charge < -0.3 is 50.5 Å². The Morgan fingerprint density at radius 1 is 0.507 bits per heavy atom. The Kier molecular flexibility index (Phi) is 42.6. The first-order valence-electron chi connectivity index (χ1n) is 27.5. The maximum Gasteiger partial charge on any atom is 0.249 e. The SMILES string of the molecule is CCCCCC/C=C\CCCCCCCCC(O)C(=O)NC(COC1OC(CO)C(O)C(O)C1O)C(O)C(O)CCC/C=C/CC/C=C/CC/C=C/CCCCCCCCCCCCCCC. The number of carbonyl (C=O) groups is 1. The standard InChI is InChI=1S/C56H103NO10/c1-3-5-7-9-11-13-15-17-19-20-21-22-23-24-25-26-27-28-29-30-32-33-35-37-39-41-43-48(59)51(61)47(46-66-56-54(64)53(63)52(62)50(45-58)67-56)57-55(65)49(60)44-42-40-38-36-34-31-18-16-14-12-10-8-6-4-2/h14,16,25-26,29-30,35,37,47-54,56,58-64H,3-13,15,17-24,27-28,31-34,36,38-46H2,1-2H3,(H,57,65)/b16-14-,26-25+,30-29+,37-35+. The van der Waals surface area contributed by atoms with E-state index in [0.29, 0.717) is 19.3 Å². The van der Waals surface area contributed by atoms with Gasteiger partial charge in [-0.3, -0.25) is 4.79 Å². The lowest BCUT2D eigenvalue weighted by molar-refractivity contribution is -0.303. The normalized spacial score (nSPS) is 21.0. The van der Waals surface area contributed by atoms with Gasteiger partial charge in [0.25, 0.3) is 0 Å². The third-order valence-electron chi connectivity index (χ3n) is 13.1. The van der Waals surface area contributed by atoms with Gasteiger partial charge in [0.15, 0.2) is 6.29 Å². The first-order chi connectivity index (χ1) is 32.7. The molecule has 67 heavy (non-hydrogen) atoms. The Hall–Kier alpha value is -1.93. The second-order valence-corrected chi connectivity index (χ2v) is 19.3. The molecule has 0 bridgehead atoms. The number of rotatable bonds is 46. The van der Waals surface area contributed by atoms with E-state index < -0.39 is 74.2 Å². The molecule has 1 aliphatic rings. The molecule has 11 nitrogen and oxygen atoms in total. The van der Waals surface area contributed by atoms with E-state index in [4.69, 9.17) is 9.47 Å². The van der Waals surface area contributed by atoms with Crippen LogP contribution >= 0.6 is 0 Å². The summed E-state index contributed by atoms with van der Waals surface area (Å²) in [7, 11) is 0. The van der Waals surface area contributed by atoms with Crippen molar-refractivity contribution in [2.45, 2.75) is 287 Å². The summed E-state index contributed by atoms with van der Waals surface area (Å²) in [5.41, 5.74) is 0. The molecule has 0 aromatic heterocycles. The summed E-state index contributed by atoms with van der Waals surface area (Å²) in [6.45, 7) is 3.41. The van der Waals surface area contributed by atoms with E-state index in [1.54, 1.807) is 0 Å². The van der Waals surface area contributed by atoms with Crippen molar-refractivity contribution in [3.05, 3.63) is 48.6 Å². The molecule has 9 atom stereocenters. The molecule has 11 heteroatoms. The van der Waals surface area contributed by atoms with E-state index in [-0.39, 0.29) is 12.8 Å². The van der Waals surface area contributed by atoms with Crippen LogP contribution in [0.2, 0.25) is 0 Å². The van der Waals surface area contributed by atoms with Crippen LogP contribution in [0.3, 0.4) is 0 Å². The Labute approximate surface area is 409 Å². The highest BCUT2D eigenvalue weighted by Crippen LogP contribution is 2.23. The lowest BCUT2D eigenvalue weighted by atomic mass is 9.98. The van der Waals surface area contributed by atoms with E-state index in [0.717, 1.165) is 70.6 Å². The lowest BCUT2D eigenvalue weighted by Crippen LogP contribution is -2.60. The summed E-state index contributed by atoms with van der Waals surface area (Å²) >= 11 is 0. The average molecular weight is 950 g/mol. The zero-order valence-electron chi connectivity index (χ0n) is 42.6. The minimum absolute atomic E-state index is 0.239. The summed E-state index contributed by atoms with van der Waals surface area (Å²) in [6.07, 6.45) is 44.6.